The van der Waals surface area contributed by atoms with Gasteiger partial charge >= 0.3 is 0 Å². The fourth-order valence-electron chi connectivity index (χ4n) is 2.35. The smallest absolute Gasteiger partial charge is 0.0599 e. The first-order chi connectivity index (χ1) is 6.17. The van der Waals surface area contributed by atoms with E-state index in [0.29, 0.717) is 6.54 Å². The molecular weight excluding hydrogens is 164 g/mol. The minimum absolute atomic E-state index is 0.171. The molecule has 1 aliphatic heterocycles. The highest BCUT2D eigenvalue weighted by Gasteiger charge is 2.25. The Morgan fingerprint density at radius 2 is 1.92 bits per heavy atom. The molecule has 0 spiro atoms. The first-order valence-corrected chi connectivity index (χ1v) is 5.22. The first kappa shape index (κ1) is 11.0. The lowest BCUT2D eigenvalue weighted by Gasteiger charge is -2.39. The molecule has 1 fully saturated rings. The van der Waals surface area contributed by atoms with E-state index in [1.165, 1.54) is 6.42 Å². The van der Waals surface area contributed by atoms with Crippen LogP contribution in [0.25, 0.3) is 0 Å². The fraction of sp³-hybridized carbons (Fsp3) is 1.00. The van der Waals surface area contributed by atoms with E-state index < -0.39 is 0 Å². The summed E-state index contributed by atoms with van der Waals surface area (Å²) in [6.45, 7) is 7.48. The van der Waals surface area contributed by atoms with Gasteiger partial charge in [0.2, 0.25) is 0 Å². The molecule has 13 heavy (non-hydrogen) atoms. The molecule has 3 unspecified atom stereocenters. The number of aliphatic hydroxyl groups is 1. The number of hydrogen-bond donors (Lipinski definition) is 2. The van der Waals surface area contributed by atoms with Gasteiger partial charge in [0.15, 0.2) is 0 Å². The third-order valence-electron chi connectivity index (χ3n) is 2.90. The zero-order valence-corrected chi connectivity index (χ0v) is 8.74. The van der Waals surface area contributed by atoms with Crippen molar-refractivity contribution in [2.24, 2.45) is 17.6 Å². The Bertz CT molecular complexity index is 138. The number of hydrogen-bond acceptors (Lipinski definition) is 3. The van der Waals surface area contributed by atoms with Crippen LogP contribution in [0.5, 0.6) is 0 Å². The molecule has 0 aromatic heterocycles. The quantitative estimate of drug-likeness (QED) is 0.666. The van der Waals surface area contributed by atoms with Crippen LogP contribution in [0.1, 0.15) is 20.3 Å². The Morgan fingerprint density at radius 3 is 2.31 bits per heavy atom. The molecule has 0 aliphatic carbocycles. The molecule has 0 bridgehead atoms. The fourth-order valence-corrected chi connectivity index (χ4v) is 2.35. The summed E-state index contributed by atoms with van der Waals surface area (Å²) < 4.78 is 0. The molecule has 3 heteroatoms. The molecule has 1 aliphatic rings. The van der Waals surface area contributed by atoms with Gasteiger partial charge in [-0.3, -0.25) is 4.90 Å². The van der Waals surface area contributed by atoms with Crippen molar-refractivity contribution >= 4 is 0 Å². The van der Waals surface area contributed by atoms with Gasteiger partial charge in [-0.25, -0.2) is 0 Å². The van der Waals surface area contributed by atoms with Crippen LogP contribution >= 0.6 is 0 Å². The normalized spacial score (nSPS) is 33.2. The predicted octanol–water partition coefficient (Wildman–Crippen LogP) is 0.284. The molecule has 1 rings (SSSR count). The summed E-state index contributed by atoms with van der Waals surface area (Å²) in [4.78, 5) is 2.33. The van der Waals surface area contributed by atoms with Gasteiger partial charge in [0, 0.05) is 25.7 Å². The Kier molecular flexibility index (Phi) is 4.16. The summed E-state index contributed by atoms with van der Waals surface area (Å²) in [5.74, 6) is 1.48. The van der Waals surface area contributed by atoms with Crippen LogP contribution in [0.4, 0.5) is 0 Å². The highest BCUT2D eigenvalue weighted by Crippen LogP contribution is 2.22. The van der Waals surface area contributed by atoms with Gasteiger partial charge in [-0.1, -0.05) is 13.8 Å². The van der Waals surface area contributed by atoms with Crippen molar-refractivity contribution in [3.05, 3.63) is 0 Å². The summed E-state index contributed by atoms with van der Waals surface area (Å²) in [5.41, 5.74) is 5.60. The van der Waals surface area contributed by atoms with Crippen LogP contribution in [0, 0.1) is 11.8 Å². The summed E-state index contributed by atoms with van der Waals surface area (Å²) in [6.07, 6.45) is 1.30. The summed E-state index contributed by atoms with van der Waals surface area (Å²) in [5, 5.41) is 9.13. The van der Waals surface area contributed by atoms with Gasteiger partial charge in [0.05, 0.1) is 6.61 Å². The molecule has 0 aromatic rings. The molecule has 0 radical (unpaired) electrons. The molecule has 0 saturated carbocycles. The van der Waals surface area contributed by atoms with Gasteiger partial charge in [0.1, 0.15) is 0 Å². The Balaban J connectivity index is 2.48. The van der Waals surface area contributed by atoms with Crippen molar-refractivity contribution in [2.45, 2.75) is 26.3 Å². The number of nitrogens with zero attached hydrogens (tertiary/aromatic N) is 1. The highest BCUT2D eigenvalue weighted by atomic mass is 16.3. The Labute approximate surface area is 80.9 Å². The minimum Gasteiger partial charge on any atom is -0.395 e. The third kappa shape index (κ3) is 2.93. The van der Waals surface area contributed by atoms with Gasteiger partial charge in [-0.05, 0) is 18.3 Å². The molecule has 0 aromatic carbocycles. The molecule has 78 valence electrons. The van der Waals surface area contributed by atoms with E-state index in [2.05, 4.69) is 18.7 Å². The number of likely N-dealkylation sites (tertiary alicyclic amines) is 1. The molecule has 1 saturated heterocycles. The van der Waals surface area contributed by atoms with E-state index in [-0.39, 0.29) is 12.6 Å². The second-order valence-electron chi connectivity index (χ2n) is 4.47. The van der Waals surface area contributed by atoms with Crippen LogP contribution in [-0.4, -0.2) is 42.3 Å². The van der Waals surface area contributed by atoms with Crippen LogP contribution in [0.3, 0.4) is 0 Å². The average Bonchev–Trinajstić information content (AvgIpc) is 2.04. The second-order valence-corrected chi connectivity index (χ2v) is 4.47. The van der Waals surface area contributed by atoms with Crippen molar-refractivity contribution < 1.29 is 5.11 Å². The van der Waals surface area contributed by atoms with Crippen molar-refractivity contribution in [3.63, 3.8) is 0 Å². The van der Waals surface area contributed by atoms with Crippen molar-refractivity contribution in [3.8, 4) is 0 Å². The van der Waals surface area contributed by atoms with E-state index in [1.54, 1.807) is 0 Å². The molecular formula is C10H22N2O. The van der Waals surface area contributed by atoms with Crippen LogP contribution < -0.4 is 5.73 Å². The van der Waals surface area contributed by atoms with Crippen molar-refractivity contribution in [1.29, 1.82) is 0 Å². The third-order valence-corrected chi connectivity index (χ3v) is 2.90. The van der Waals surface area contributed by atoms with Gasteiger partial charge in [-0.15, -0.1) is 0 Å². The Morgan fingerprint density at radius 1 is 1.38 bits per heavy atom. The summed E-state index contributed by atoms with van der Waals surface area (Å²) >= 11 is 0. The topological polar surface area (TPSA) is 49.5 Å². The zero-order chi connectivity index (χ0) is 9.84. The first-order valence-electron chi connectivity index (χ1n) is 5.22. The van der Waals surface area contributed by atoms with E-state index in [4.69, 9.17) is 10.8 Å². The van der Waals surface area contributed by atoms with Gasteiger partial charge in [0.25, 0.3) is 0 Å². The van der Waals surface area contributed by atoms with E-state index in [9.17, 15) is 0 Å². The number of aliphatic hydroxyl groups excluding tert-OH is 1. The molecule has 1 heterocycles. The lowest BCUT2D eigenvalue weighted by atomic mass is 9.91. The molecule has 0 amide bonds. The maximum Gasteiger partial charge on any atom is 0.0599 e. The van der Waals surface area contributed by atoms with E-state index in [0.717, 1.165) is 24.9 Å². The lowest BCUT2D eigenvalue weighted by Crippen LogP contribution is -2.49. The van der Waals surface area contributed by atoms with Crippen LogP contribution in [0.15, 0.2) is 0 Å². The average molecular weight is 186 g/mol. The SMILES string of the molecule is CC1CC(C)CN(C(CN)CO)C1. The second kappa shape index (κ2) is 4.94. The van der Waals surface area contributed by atoms with Crippen molar-refractivity contribution in [2.75, 3.05) is 26.2 Å². The van der Waals surface area contributed by atoms with Gasteiger partial charge in [-0.2, -0.15) is 0 Å². The zero-order valence-electron chi connectivity index (χ0n) is 8.74. The molecule has 3 nitrogen and oxygen atoms in total. The maximum absolute atomic E-state index is 9.13. The van der Waals surface area contributed by atoms with E-state index in [1.807, 2.05) is 0 Å². The highest BCUT2D eigenvalue weighted by molar-refractivity contribution is 4.80. The van der Waals surface area contributed by atoms with Gasteiger partial charge < -0.3 is 10.8 Å². The molecule has 3 atom stereocenters. The monoisotopic (exact) mass is 186 g/mol. The standard InChI is InChI=1S/C10H22N2O/c1-8-3-9(2)6-12(5-8)10(4-11)7-13/h8-10,13H,3-7,11H2,1-2H3. The number of rotatable bonds is 3. The van der Waals surface area contributed by atoms with Crippen LogP contribution in [0.2, 0.25) is 0 Å². The van der Waals surface area contributed by atoms with E-state index >= 15 is 0 Å². The van der Waals surface area contributed by atoms with Crippen LogP contribution in [-0.2, 0) is 0 Å². The Hall–Kier alpha value is -0.120. The number of piperidine rings is 1. The molecule has 3 N–H and O–H groups in total. The summed E-state index contributed by atoms with van der Waals surface area (Å²) in [7, 11) is 0. The maximum atomic E-state index is 9.13. The lowest BCUT2D eigenvalue weighted by molar-refractivity contribution is 0.0652. The number of nitrogens with two attached hydrogens (primary N) is 1. The predicted molar refractivity (Wildman–Crippen MR) is 54.4 cm³/mol. The van der Waals surface area contributed by atoms with Crippen molar-refractivity contribution in [1.82, 2.24) is 4.90 Å². The summed E-state index contributed by atoms with van der Waals surface area (Å²) in [6, 6.07) is 0.171. The minimum atomic E-state index is 0.171. The largest absolute Gasteiger partial charge is 0.395 e.